The Labute approximate surface area is 129 Å². The van der Waals surface area contributed by atoms with E-state index >= 15 is 0 Å². The molecule has 0 amide bonds. The van der Waals surface area contributed by atoms with Crippen LogP contribution in [0, 0.1) is 0 Å². The Kier molecular flexibility index (Phi) is 8.92. The molecule has 1 aromatic heterocycles. The lowest BCUT2D eigenvalue weighted by atomic mass is 10.2. The highest BCUT2D eigenvalue weighted by atomic mass is 35.5. The lowest BCUT2D eigenvalue weighted by molar-refractivity contribution is -0.692. The topological polar surface area (TPSA) is 56.5 Å². The van der Waals surface area contributed by atoms with Gasteiger partial charge in [0.2, 0.25) is 0 Å². The summed E-state index contributed by atoms with van der Waals surface area (Å²) >= 11 is 5.67. The maximum Gasteiger partial charge on any atom is 0.344 e. The van der Waals surface area contributed by atoms with Gasteiger partial charge in [0.15, 0.2) is 18.9 Å². The van der Waals surface area contributed by atoms with E-state index in [9.17, 15) is 9.59 Å². The summed E-state index contributed by atoms with van der Waals surface area (Å²) in [6.07, 6.45) is 3.20. The van der Waals surface area contributed by atoms with E-state index in [1.165, 1.54) is 6.07 Å². The van der Waals surface area contributed by atoms with Crippen molar-refractivity contribution in [1.29, 1.82) is 0 Å². The number of hydrogen-bond acceptors (Lipinski definition) is 4. The van der Waals surface area contributed by atoms with Crippen molar-refractivity contribution in [3.8, 4) is 0 Å². The van der Waals surface area contributed by atoms with Crippen LogP contribution in [0.3, 0.4) is 0 Å². The van der Waals surface area contributed by atoms with Gasteiger partial charge < -0.3 is 21.9 Å². The van der Waals surface area contributed by atoms with Gasteiger partial charge >= 0.3 is 11.9 Å². The van der Waals surface area contributed by atoms with Gasteiger partial charge in [0.25, 0.3) is 0 Å². The molecule has 0 saturated carbocycles. The number of aromatic nitrogens is 1. The summed E-state index contributed by atoms with van der Waals surface area (Å²) in [5, 5.41) is 0. The Hall–Kier alpha value is -1.33. The van der Waals surface area contributed by atoms with Crippen LogP contribution in [0.4, 0.5) is 0 Å². The average Bonchev–Trinajstić information content (AvgIpc) is 2.39. The van der Waals surface area contributed by atoms with Crippen LogP contribution in [-0.2, 0) is 16.0 Å². The molecule has 0 atom stereocenters. The van der Waals surface area contributed by atoms with Crippen LogP contribution in [0.25, 0.3) is 0 Å². The van der Waals surface area contributed by atoms with E-state index in [-0.39, 0.29) is 25.6 Å². The highest BCUT2D eigenvalue weighted by Crippen LogP contribution is 2.06. The molecule has 5 nitrogen and oxygen atoms in total. The summed E-state index contributed by atoms with van der Waals surface area (Å²) in [6, 6.07) is 1.46. The highest BCUT2D eigenvalue weighted by molar-refractivity contribution is 6.17. The van der Waals surface area contributed by atoms with Gasteiger partial charge in [-0.1, -0.05) is 0 Å². The second-order valence-corrected chi connectivity index (χ2v) is 4.06. The van der Waals surface area contributed by atoms with Crippen molar-refractivity contribution in [2.75, 3.05) is 19.1 Å². The SMILES string of the molecule is CCOC(=O)c1cc(C(=O)OCC)c[n+](CCCl)c1.[Cl-]. The van der Waals surface area contributed by atoms with E-state index in [1.807, 2.05) is 0 Å². The summed E-state index contributed by atoms with van der Waals surface area (Å²) in [5.41, 5.74) is 0.607. The highest BCUT2D eigenvalue weighted by Gasteiger charge is 2.19. The molecule has 1 aromatic rings. The quantitative estimate of drug-likeness (QED) is 0.366. The van der Waals surface area contributed by atoms with Crippen molar-refractivity contribution in [1.82, 2.24) is 0 Å². The number of pyridine rings is 1. The number of rotatable bonds is 6. The normalized spacial score (nSPS) is 9.55. The van der Waals surface area contributed by atoms with Crippen LogP contribution in [-0.4, -0.2) is 31.0 Å². The van der Waals surface area contributed by atoms with Crippen molar-refractivity contribution in [3.63, 3.8) is 0 Å². The average molecular weight is 322 g/mol. The molecule has 0 radical (unpaired) electrons. The molecule has 0 aromatic carbocycles. The minimum absolute atomic E-state index is 0. The third kappa shape index (κ3) is 5.35. The standard InChI is InChI=1S/C13H17ClNO4.ClH/c1-3-18-12(16)10-7-11(13(17)19-4-2)9-15(8-10)6-5-14;/h7-9H,3-6H2,1-2H3;1H/q+1;/p-1. The van der Waals surface area contributed by atoms with Gasteiger partial charge in [0, 0.05) is 0 Å². The minimum atomic E-state index is -0.475. The van der Waals surface area contributed by atoms with E-state index in [0.29, 0.717) is 23.6 Å². The Morgan fingerprint density at radius 1 is 1.10 bits per heavy atom. The lowest BCUT2D eigenvalue weighted by Gasteiger charge is -2.04. The fourth-order valence-corrected chi connectivity index (χ4v) is 1.71. The molecule has 0 aliphatic carbocycles. The number of ether oxygens (including phenoxy) is 2. The molecule has 0 spiro atoms. The zero-order valence-electron chi connectivity index (χ0n) is 11.4. The number of esters is 2. The van der Waals surface area contributed by atoms with Gasteiger partial charge in [-0.25, -0.2) is 14.2 Å². The third-order valence-electron chi connectivity index (χ3n) is 2.29. The van der Waals surface area contributed by atoms with Crippen molar-refractivity contribution in [3.05, 3.63) is 29.6 Å². The van der Waals surface area contributed by atoms with Gasteiger partial charge in [-0.05, 0) is 19.9 Å². The van der Waals surface area contributed by atoms with Gasteiger partial charge in [0.05, 0.1) is 19.1 Å². The number of aryl methyl sites for hydroxylation is 1. The molecule has 0 aliphatic rings. The maximum absolute atomic E-state index is 11.7. The van der Waals surface area contributed by atoms with Crippen LogP contribution in [0.2, 0.25) is 0 Å². The van der Waals surface area contributed by atoms with Gasteiger partial charge in [-0.2, -0.15) is 0 Å². The second-order valence-electron chi connectivity index (χ2n) is 3.68. The van der Waals surface area contributed by atoms with E-state index in [0.717, 1.165) is 0 Å². The van der Waals surface area contributed by atoms with E-state index in [4.69, 9.17) is 21.1 Å². The molecule has 112 valence electrons. The van der Waals surface area contributed by atoms with Crippen LogP contribution in [0.1, 0.15) is 34.6 Å². The van der Waals surface area contributed by atoms with E-state index < -0.39 is 11.9 Å². The molecule has 20 heavy (non-hydrogen) atoms. The molecule has 0 N–H and O–H groups in total. The van der Waals surface area contributed by atoms with Crippen molar-refractivity contribution < 1.29 is 36.0 Å². The predicted octanol–water partition coefficient (Wildman–Crippen LogP) is -1.43. The molecule has 1 heterocycles. The fraction of sp³-hybridized carbons (Fsp3) is 0.462. The first-order valence-electron chi connectivity index (χ1n) is 6.06. The van der Waals surface area contributed by atoms with Crippen LogP contribution in [0.15, 0.2) is 18.5 Å². The second kappa shape index (κ2) is 9.55. The number of carbonyl (C=O) groups is 2. The first-order valence-corrected chi connectivity index (χ1v) is 6.60. The number of halogens is 2. The summed E-state index contributed by atoms with van der Waals surface area (Å²) in [4.78, 5) is 23.4. The molecular formula is C13H17Cl2NO4. The Morgan fingerprint density at radius 2 is 1.55 bits per heavy atom. The molecule has 1 rings (SSSR count). The number of carbonyl (C=O) groups excluding carboxylic acids is 2. The molecule has 0 fully saturated rings. The number of alkyl halides is 1. The largest absolute Gasteiger partial charge is 1.00 e. The van der Waals surface area contributed by atoms with Gasteiger partial charge in [-0.15, -0.1) is 11.6 Å². The number of nitrogens with zero attached hydrogens (tertiary/aromatic N) is 1. The summed E-state index contributed by atoms with van der Waals surface area (Å²) in [7, 11) is 0. The lowest BCUT2D eigenvalue weighted by Crippen LogP contribution is -3.00. The first-order chi connectivity index (χ1) is 9.12. The van der Waals surface area contributed by atoms with Gasteiger partial charge in [0.1, 0.15) is 11.1 Å². The Balaban J connectivity index is 0.00000361. The van der Waals surface area contributed by atoms with E-state index in [1.54, 1.807) is 30.8 Å². The fourth-order valence-electron chi connectivity index (χ4n) is 1.52. The van der Waals surface area contributed by atoms with Crippen LogP contribution < -0.4 is 17.0 Å². The Bertz CT molecular complexity index is 429. The monoisotopic (exact) mass is 321 g/mol. The number of hydrogen-bond donors (Lipinski definition) is 0. The molecule has 0 saturated heterocycles. The van der Waals surface area contributed by atoms with E-state index in [2.05, 4.69) is 0 Å². The van der Waals surface area contributed by atoms with Crippen LogP contribution >= 0.6 is 11.6 Å². The predicted molar refractivity (Wildman–Crippen MR) is 69.3 cm³/mol. The van der Waals surface area contributed by atoms with Gasteiger partial charge in [-0.3, -0.25) is 0 Å². The maximum atomic E-state index is 11.7. The first kappa shape index (κ1) is 18.7. The summed E-state index contributed by atoms with van der Waals surface area (Å²) < 4.78 is 11.5. The zero-order chi connectivity index (χ0) is 14.3. The molecule has 7 heteroatoms. The van der Waals surface area contributed by atoms with Crippen LogP contribution in [0.5, 0.6) is 0 Å². The van der Waals surface area contributed by atoms with Crippen molar-refractivity contribution in [2.45, 2.75) is 20.4 Å². The smallest absolute Gasteiger partial charge is 0.344 e. The molecule has 0 bridgehead atoms. The third-order valence-corrected chi connectivity index (χ3v) is 2.45. The summed E-state index contributed by atoms with van der Waals surface area (Å²) in [6.45, 7) is 4.48. The van der Waals surface area contributed by atoms with Crippen molar-refractivity contribution >= 4 is 23.5 Å². The zero-order valence-corrected chi connectivity index (χ0v) is 12.9. The Morgan fingerprint density at radius 3 is 1.90 bits per heavy atom. The minimum Gasteiger partial charge on any atom is -1.00 e. The molecule has 0 aliphatic heterocycles. The molecule has 0 unspecified atom stereocenters. The summed E-state index contributed by atoms with van der Waals surface area (Å²) in [5.74, 6) is -0.576. The van der Waals surface area contributed by atoms with Crippen molar-refractivity contribution in [2.24, 2.45) is 0 Å². The molecular weight excluding hydrogens is 305 g/mol.